The third-order valence-electron chi connectivity index (χ3n) is 7.68. The molecule has 1 fully saturated rings. The summed E-state index contributed by atoms with van der Waals surface area (Å²) in [6, 6.07) is 16.9. The van der Waals surface area contributed by atoms with E-state index in [0.29, 0.717) is 36.5 Å². The van der Waals surface area contributed by atoms with Crippen molar-refractivity contribution in [2.24, 2.45) is 17.2 Å². The Hall–Kier alpha value is -4.32. The monoisotopic (exact) mass is 575 g/mol. The number of likely N-dealkylation sites (tertiary alicyclic amines) is 1. The summed E-state index contributed by atoms with van der Waals surface area (Å²) in [7, 11) is 0. The largest absolute Gasteiger partial charge is 0.507 e. The molecule has 4 atom stereocenters. The van der Waals surface area contributed by atoms with Crippen molar-refractivity contribution in [2.45, 2.75) is 62.9 Å². The highest BCUT2D eigenvalue weighted by Gasteiger charge is 2.45. The summed E-state index contributed by atoms with van der Waals surface area (Å²) >= 11 is 0. The van der Waals surface area contributed by atoms with Crippen LogP contribution in [0.3, 0.4) is 0 Å². The minimum absolute atomic E-state index is 0.114. The first-order chi connectivity index (χ1) is 20.1. The summed E-state index contributed by atoms with van der Waals surface area (Å²) in [6.45, 7) is 0.256. The van der Waals surface area contributed by atoms with Gasteiger partial charge >= 0.3 is 0 Å². The van der Waals surface area contributed by atoms with Gasteiger partial charge in [0.25, 0.3) is 5.91 Å². The topological polar surface area (TPSA) is 193 Å². The van der Waals surface area contributed by atoms with Crippen molar-refractivity contribution < 1.29 is 29.4 Å². The van der Waals surface area contributed by atoms with Crippen molar-refractivity contribution in [3.63, 3.8) is 0 Å². The van der Waals surface area contributed by atoms with E-state index in [4.69, 9.17) is 17.2 Å². The highest BCUT2D eigenvalue weighted by molar-refractivity contribution is 6.10. The Morgan fingerprint density at radius 2 is 1.60 bits per heavy atom. The lowest BCUT2D eigenvalue weighted by molar-refractivity contribution is -0.148. The average Bonchev–Trinajstić information content (AvgIpc) is 2.97. The summed E-state index contributed by atoms with van der Waals surface area (Å²) in [5.41, 5.74) is 17.9. The van der Waals surface area contributed by atoms with E-state index in [-0.39, 0.29) is 24.3 Å². The summed E-state index contributed by atoms with van der Waals surface area (Å²) in [5, 5.41) is 23.9. The Bertz CT molecular complexity index is 1450. The van der Waals surface area contributed by atoms with Crippen molar-refractivity contribution in [2.75, 3.05) is 6.54 Å². The van der Waals surface area contributed by atoms with Crippen LogP contribution in [0, 0.1) is 0 Å². The van der Waals surface area contributed by atoms with Gasteiger partial charge in [-0.15, -0.1) is 0 Å². The van der Waals surface area contributed by atoms with Gasteiger partial charge < -0.3 is 27.4 Å². The maximum atomic E-state index is 14.3. The first-order valence-electron chi connectivity index (χ1n) is 14.0. The number of nitrogens with two attached hydrogens (primary N) is 3. The first kappa shape index (κ1) is 30.6. The second-order valence-electron chi connectivity index (χ2n) is 10.7. The van der Waals surface area contributed by atoms with Crippen LogP contribution in [-0.2, 0) is 20.8 Å². The molecule has 1 aliphatic rings. The molecule has 11 heteroatoms. The second kappa shape index (κ2) is 13.6. The van der Waals surface area contributed by atoms with Gasteiger partial charge in [0.1, 0.15) is 11.9 Å². The number of nitrogens with zero attached hydrogens (tertiary/aromatic N) is 2. The molecule has 3 aromatic carbocycles. The number of aromatic hydroxyl groups is 1. The van der Waals surface area contributed by atoms with Gasteiger partial charge in [-0.3, -0.25) is 29.0 Å². The number of benzene rings is 3. The van der Waals surface area contributed by atoms with Crippen LogP contribution in [-0.4, -0.2) is 74.5 Å². The van der Waals surface area contributed by atoms with Crippen LogP contribution in [0.1, 0.15) is 48.0 Å². The molecule has 42 heavy (non-hydrogen) atoms. The number of amides is 4. The number of aliphatic hydroxyl groups is 1. The van der Waals surface area contributed by atoms with Crippen molar-refractivity contribution >= 4 is 34.4 Å². The molecular formula is C31H37N5O6. The van der Waals surface area contributed by atoms with E-state index in [9.17, 15) is 29.4 Å². The number of carbonyl (C=O) groups excluding carboxylic acids is 4. The quantitative estimate of drug-likeness (QED) is 0.226. The fraction of sp³-hybridized carbons (Fsp3) is 0.355. The smallest absolute Gasteiger partial charge is 0.265 e. The second-order valence-corrected chi connectivity index (χ2v) is 10.7. The van der Waals surface area contributed by atoms with E-state index < -0.39 is 54.4 Å². The van der Waals surface area contributed by atoms with E-state index in [0.717, 1.165) is 10.5 Å². The predicted octanol–water partition coefficient (Wildman–Crippen LogP) is 1.38. The first-order valence-corrected chi connectivity index (χ1v) is 14.0. The average molecular weight is 576 g/mol. The maximum absolute atomic E-state index is 14.3. The number of phenolic OH excluding ortho intramolecular Hbond substituents is 1. The minimum atomic E-state index is -1.52. The van der Waals surface area contributed by atoms with E-state index in [1.807, 2.05) is 30.3 Å². The maximum Gasteiger partial charge on any atom is 0.265 e. The Morgan fingerprint density at radius 1 is 0.952 bits per heavy atom. The molecule has 0 aliphatic carbocycles. The molecule has 4 amide bonds. The molecular weight excluding hydrogens is 538 g/mol. The third kappa shape index (κ3) is 6.93. The Balaban J connectivity index is 1.83. The number of phenols is 1. The number of aryl methyl sites for hydroxylation is 1. The van der Waals surface area contributed by atoms with Gasteiger partial charge in [0.05, 0.1) is 30.2 Å². The van der Waals surface area contributed by atoms with Gasteiger partial charge in [-0.2, -0.15) is 0 Å². The zero-order chi connectivity index (χ0) is 30.4. The normalized spacial score (nSPS) is 17.7. The molecule has 1 heterocycles. The zero-order valence-corrected chi connectivity index (χ0v) is 23.3. The van der Waals surface area contributed by atoms with Crippen LogP contribution in [0.4, 0.5) is 0 Å². The van der Waals surface area contributed by atoms with E-state index in [1.54, 1.807) is 29.2 Å². The van der Waals surface area contributed by atoms with Gasteiger partial charge in [-0.05, 0) is 54.2 Å². The molecule has 3 aromatic rings. The standard InChI is InChI=1S/C31H37N5O6/c32-23(18-27(33)39)31(42)36(30(41)22-16-20-10-4-5-11-21(20)17-26(22)38)29(35-15-7-6-12-24(35)28(34)40)25(37)14-13-19-8-2-1-3-9-19/h1-5,8-11,16-17,23-25,29,37-38H,6-7,12-15,18,32H2,(H2,33,39)(H2,34,40)/t23-,24-,25+,29?/m0/s1. The molecule has 0 bridgehead atoms. The third-order valence-corrected chi connectivity index (χ3v) is 7.68. The van der Waals surface area contributed by atoms with Gasteiger partial charge in [0, 0.05) is 6.54 Å². The van der Waals surface area contributed by atoms with Crippen LogP contribution in [0.15, 0.2) is 66.7 Å². The fourth-order valence-electron chi connectivity index (χ4n) is 5.59. The minimum Gasteiger partial charge on any atom is -0.507 e. The van der Waals surface area contributed by atoms with Crippen LogP contribution < -0.4 is 17.2 Å². The molecule has 1 saturated heterocycles. The lowest BCUT2D eigenvalue weighted by Gasteiger charge is -2.46. The summed E-state index contributed by atoms with van der Waals surface area (Å²) in [6.07, 6.45) is -1.10. The highest BCUT2D eigenvalue weighted by Crippen LogP contribution is 2.31. The van der Waals surface area contributed by atoms with E-state index in [1.165, 1.54) is 12.1 Å². The van der Waals surface area contributed by atoms with Crippen LogP contribution in [0.25, 0.3) is 10.8 Å². The number of hydrogen-bond donors (Lipinski definition) is 5. The number of fused-ring (bicyclic) bond motifs is 1. The number of carbonyl (C=O) groups is 4. The number of rotatable bonds is 11. The van der Waals surface area contributed by atoms with Gasteiger partial charge in [-0.25, -0.2) is 0 Å². The molecule has 222 valence electrons. The summed E-state index contributed by atoms with van der Waals surface area (Å²) in [4.78, 5) is 54.9. The Kier molecular flexibility index (Phi) is 9.89. The summed E-state index contributed by atoms with van der Waals surface area (Å²) < 4.78 is 0. The predicted molar refractivity (Wildman–Crippen MR) is 157 cm³/mol. The number of hydrogen-bond acceptors (Lipinski definition) is 8. The molecule has 1 aliphatic heterocycles. The lowest BCUT2D eigenvalue weighted by Crippen LogP contribution is -2.66. The van der Waals surface area contributed by atoms with Crippen LogP contribution >= 0.6 is 0 Å². The number of aliphatic hydroxyl groups excluding tert-OH is 1. The van der Waals surface area contributed by atoms with Crippen molar-refractivity contribution in [3.05, 3.63) is 77.9 Å². The van der Waals surface area contributed by atoms with E-state index >= 15 is 0 Å². The molecule has 11 nitrogen and oxygen atoms in total. The zero-order valence-electron chi connectivity index (χ0n) is 23.3. The molecule has 0 radical (unpaired) electrons. The van der Waals surface area contributed by atoms with Gasteiger partial charge in [-0.1, -0.05) is 61.0 Å². The van der Waals surface area contributed by atoms with Crippen LogP contribution in [0.2, 0.25) is 0 Å². The Morgan fingerprint density at radius 3 is 2.24 bits per heavy atom. The van der Waals surface area contributed by atoms with Gasteiger partial charge in [0.2, 0.25) is 17.7 Å². The summed E-state index contributed by atoms with van der Waals surface area (Å²) in [5.74, 6) is -3.83. The SMILES string of the molecule is NC(=O)C[C@H](N)C(=O)N(C(=O)c1cc2ccccc2cc1O)C([C@H](O)CCc1ccccc1)N1CCCC[C@H]1C(N)=O. The van der Waals surface area contributed by atoms with Crippen molar-refractivity contribution in [1.82, 2.24) is 9.80 Å². The van der Waals surface area contributed by atoms with Gasteiger partial charge in [0.15, 0.2) is 0 Å². The van der Waals surface area contributed by atoms with Crippen molar-refractivity contribution in [1.29, 1.82) is 0 Å². The van der Waals surface area contributed by atoms with Crippen LogP contribution in [0.5, 0.6) is 5.75 Å². The van der Waals surface area contributed by atoms with Crippen molar-refractivity contribution in [3.8, 4) is 5.75 Å². The number of primary amides is 2. The highest BCUT2D eigenvalue weighted by atomic mass is 16.3. The molecule has 0 spiro atoms. The number of imide groups is 1. The fourth-order valence-corrected chi connectivity index (χ4v) is 5.59. The number of piperidine rings is 1. The molecule has 4 rings (SSSR count). The molecule has 0 aromatic heterocycles. The molecule has 1 unspecified atom stereocenters. The molecule has 8 N–H and O–H groups in total. The van der Waals surface area contributed by atoms with E-state index in [2.05, 4.69) is 0 Å². The lowest BCUT2D eigenvalue weighted by atomic mass is 9.96. The Labute approximate surface area is 243 Å². The molecule has 0 saturated carbocycles.